The molecule has 0 radical (unpaired) electrons. The summed E-state index contributed by atoms with van der Waals surface area (Å²) in [7, 11) is -3.19. The van der Waals surface area contributed by atoms with E-state index in [1.807, 2.05) is 18.4 Å². The summed E-state index contributed by atoms with van der Waals surface area (Å²) in [5.74, 6) is 5.51. The van der Waals surface area contributed by atoms with Crippen molar-refractivity contribution in [2.24, 2.45) is 5.84 Å². The van der Waals surface area contributed by atoms with Gasteiger partial charge in [-0.2, -0.15) is 0 Å². The van der Waals surface area contributed by atoms with Gasteiger partial charge in [0, 0.05) is 11.1 Å². The van der Waals surface area contributed by atoms with Crippen molar-refractivity contribution in [2.45, 2.75) is 31.6 Å². The van der Waals surface area contributed by atoms with Crippen LogP contribution in [0.2, 0.25) is 0 Å². The highest BCUT2D eigenvalue weighted by Crippen LogP contribution is 2.34. The molecular weight excluding hydrogens is 244 g/mol. The Kier molecular flexibility index (Phi) is 3.79. The molecule has 0 aliphatic heterocycles. The van der Waals surface area contributed by atoms with Gasteiger partial charge in [-0.05, 0) is 37.8 Å². The van der Waals surface area contributed by atoms with Crippen molar-refractivity contribution < 1.29 is 8.42 Å². The maximum atomic E-state index is 11.8. The molecule has 3 N–H and O–H groups in total. The lowest BCUT2D eigenvalue weighted by Gasteiger charge is -2.32. The summed E-state index contributed by atoms with van der Waals surface area (Å²) < 4.78 is 22.6. The van der Waals surface area contributed by atoms with Crippen LogP contribution in [-0.4, -0.2) is 19.4 Å². The molecule has 4 nitrogen and oxygen atoms in total. The second-order valence-corrected chi connectivity index (χ2v) is 8.12. The monoisotopic (exact) mass is 262 g/mol. The van der Waals surface area contributed by atoms with Gasteiger partial charge < -0.3 is 0 Å². The first-order valence-corrected chi connectivity index (χ1v) is 7.68. The van der Waals surface area contributed by atoms with E-state index in [1.54, 1.807) is 25.2 Å². The molecule has 1 unspecified atom stereocenters. The number of aryl methyl sites for hydroxylation is 1. The molecule has 16 heavy (non-hydrogen) atoms. The maximum Gasteiger partial charge on any atom is 0.154 e. The molecule has 0 spiro atoms. The molecule has 0 fully saturated rings. The van der Waals surface area contributed by atoms with E-state index in [1.165, 1.54) is 6.26 Å². The molecule has 0 aliphatic carbocycles. The molecule has 0 aliphatic rings. The normalized spacial score (nSPS) is 15.1. The number of hydrogen-bond donors (Lipinski definition) is 2. The maximum absolute atomic E-state index is 11.8. The van der Waals surface area contributed by atoms with Crippen LogP contribution in [0, 0.1) is 6.92 Å². The van der Waals surface area contributed by atoms with Crippen molar-refractivity contribution in [1.29, 1.82) is 0 Å². The molecular formula is C10H18N2O2S2. The van der Waals surface area contributed by atoms with Crippen LogP contribution < -0.4 is 11.3 Å². The second-order valence-electron chi connectivity index (χ2n) is 4.41. The van der Waals surface area contributed by atoms with Crippen molar-refractivity contribution in [3.8, 4) is 0 Å². The minimum absolute atomic E-state index is 0.395. The number of nitrogens with two attached hydrogens (primary N) is 1. The van der Waals surface area contributed by atoms with Crippen LogP contribution in [0.5, 0.6) is 0 Å². The third-order valence-corrected chi connectivity index (χ3v) is 6.04. The molecule has 0 saturated heterocycles. The van der Waals surface area contributed by atoms with Crippen molar-refractivity contribution >= 4 is 21.2 Å². The Hall–Kier alpha value is -0.430. The first-order valence-electron chi connectivity index (χ1n) is 4.91. The SMILES string of the molecule is Cc1sccc1C(NN)C(C)(C)S(C)(=O)=O. The van der Waals surface area contributed by atoms with Crippen LogP contribution in [0.4, 0.5) is 0 Å². The summed E-state index contributed by atoms with van der Waals surface area (Å²) in [6.07, 6.45) is 1.24. The van der Waals surface area contributed by atoms with E-state index in [4.69, 9.17) is 5.84 Å². The van der Waals surface area contributed by atoms with Crippen molar-refractivity contribution in [2.75, 3.05) is 6.26 Å². The highest BCUT2D eigenvalue weighted by atomic mass is 32.2. The second kappa shape index (κ2) is 4.44. The molecule has 1 rings (SSSR count). The van der Waals surface area contributed by atoms with Gasteiger partial charge in [-0.1, -0.05) is 0 Å². The summed E-state index contributed by atoms with van der Waals surface area (Å²) >= 11 is 1.58. The zero-order valence-electron chi connectivity index (χ0n) is 9.94. The van der Waals surface area contributed by atoms with Gasteiger partial charge in [-0.15, -0.1) is 11.3 Å². The van der Waals surface area contributed by atoms with E-state index in [9.17, 15) is 8.42 Å². The third-order valence-electron chi connectivity index (χ3n) is 3.03. The first-order chi connectivity index (χ1) is 7.21. The van der Waals surface area contributed by atoms with Crippen LogP contribution in [0.15, 0.2) is 11.4 Å². The van der Waals surface area contributed by atoms with Gasteiger partial charge in [0.05, 0.1) is 10.8 Å². The number of thiophene rings is 1. The lowest BCUT2D eigenvalue weighted by atomic mass is 9.96. The Bertz CT molecular complexity index is 463. The van der Waals surface area contributed by atoms with Crippen LogP contribution >= 0.6 is 11.3 Å². The number of hydrazine groups is 1. The van der Waals surface area contributed by atoms with Gasteiger partial charge in [0.25, 0.3) is 0 Å². The smallest absolute Gasteiger partial charge is 0.154 e. The fraction of sp³-hybridized carbons (Fsp3) is 0.600. The average molecular weight is 262 g/mol. The van der Waals surface area contributed by atoms with Crippen LogP contribution in [0.25, 0.3) is 0 Å². The van der Waals surface area contributed by atoms with Crippen molar-refractivity contribution in [1.82, 2.24) is 5.43 Å². The molecule has 1 heterocycles. The molecule has 0 amide bonds. The Balaban J connectivity index is 3.24. The minimum Gasteiger partial charge on any atom is -0.271 e. The minimum atomic E-state index is -3.19. The van der Waals surface area contributed by atoms with Crippen LogP contribution in [-0.2, 0) is 9.84 Å². The van der Waals surface area contributed by atoms with E-state index < -0.39 is 20.6 Å². The Labute approximate surface area is 101 Å². The lowest BCUT2D eigenvalue weighted by Crippen LogP contribution is -2.47. The quantitative estimate of drug-likeness (QED) is 0.635. The lowest BCUT2D eigenvalue weighted by molar-refractivity contribution is 0.427. The number of nitrogens with one attached hydrogen (secondary N) is 1. The van der Waals surface area contributed by atoms with Gasteiger partial charge in [0.15, 0.2) is 9.84 Å². The molecule has 1 atom stereocenters. The summed E-state index contributed by atoms with van der Waals surface area (Å²) in [6.45, 7) is 5.33. The molecule has 6 heteroatoms. The van der Waals surface area contributed by atoms with Crippen LogP contribution in [0.1, 0.15) is 30.3 Å². The predicted octanol–water partition coefficient (Wildman–Crippen LogP) is 1.38. The van der Waals surface area contributed by atoms with Gasteiger partial charge in [-0.3, -0.25) is 11.3 Å². The highest BCUT2D eigenvalue weighted by Gasteiger charge is 2.40. The molecule has 0 aromatic carbocycles. The molecule has 0 saturated carbocycles. The summed E-state index contributed by atoms with van der Waals surface area (Å²) in [6, 6.07) is 1.52. The zero-order valence-corrected chi connectivity index (χ0v) is 11.6. The van der Waals surface area contributed by atoms with E-state index in [2.05, 4.69) is 5.43 Å². The van der Waals surface area contributed by atoms with E-state index in [0.717, 1.165) is 10.4 Å². The average Bonchev–Trinajstić information content (AvgIpc) is 2.51. The summed E-state index contributed by atoms with van der Waals surface area (Å²) in [4.78, 5) is 1.08. The molecule has 0 bridgehead atoms. The largest absolute Gasteiger partial charge is 0.271 e. The van der Waals surface area contributed by atoms with Gasteiger partial charge >= 0.3 is 0 Å². The van der Waals surface area contributed by atoms with E-state index in [-0.39, 0.29) is 0 Å². The van der Waals surface area contributed by atoms with Gasteiger partial charge in [0.1, 0.15) is 0 Å². The predicted molar refractivity (Wildman–Crippen MR) is 68.0 cm³/mol. The fourth-order valence-corrected chi connectivity index (χ4v) is 2.94. The van der Waals surface area contributed by atoms with E-state index in [0.29, 0.717) is 0 Å². The topological polar surface area (TPSA) is 72.2 Å². The molecule has 92 valence electrons. The Morgan fingerprint density at radius 2 is 2.06 bits per heavy atom. The number of hydrogen-bond acceptors (Lipinski definition) is 5. The standard InChI is InChI=1S/C10H18N2O2S2/c1-7-8(5-6-15-7)9(12-11)10(2,3)16(4,13)14/h5-6,9,12H,11H2,1-4H3. The fourth-order valence-electron chi connectivity index (χ4n) is 1.57. The van der Waals surface area contributed by atoms with Crippen LogP contribution in [0.3, 0.4) is 0 Å². The van der Waals surface area contributed by atoms with Gasteiger partial charge in [0.2, 0.25) is 0 Å². The molecule has 1 aromatic heterocycles. The summed E-state index contributed by atoms with van der Waals surface area (Å²) in [5, 5.41) is 1.94. The van der Waals surface area contributed by atoms with E-state index >= 15 is 0 Å². The van der Waals surface area contributed by atoms with Gasteiger partial charge in [-0.25, -0.2) is 8.42 Å². The highest BCUT2D eigenvalue weighted by molar-refractivity contribution is 7.92. The number of rotatable bonds is 4. The zero-order chi connectivity index (χ0) is 12.6. The first kappa shape index (κ1) is 13.6. The van der Waals surface area contributed by atoms with Crippen molar-refractivity contribution in [3.63, 3.8) is 0 Å². The molecule has 1 aromatic rings. The Morgan fingerprint density at radius 1 is 1.50 bits per heavy atom. The van der Waals surface area contributed by atoms with Crippen molar-refractivity contribution in [3.05, 3.63) is 21.9 Å². The summed E-state index contributed by atoms with van der Waals surface area (Å²) in [5.41, 5.74) is 3.57. The third kappa shape index (κ3) is 2.29. The Morgan fingerprint density at radius 3 is 2.38 bits per heavy atom. The number of sulfone groups is 1.